The van der Waals surface area contributed by atoms with Crippen LogP contribution in [0.1, 0.15) is 33.5 Å². The quantitative estimate of drug-likeness (QED) is 0.792. The van der Waals surface area contributed by atoms with Gasteiger partial charge in [0.2, 0.25) is 0 Å². The molecule has 0 amide bonds. The van der Waals surface area contributed by atoms with Crippen molar-refractivity contribution in [2.75, 3.05) is 13.2 Å². The van der Waals surface area contributed by atoms with Crippen molar-refractivity contribution < 1.29 is 4.74 Å². The van der Waals surface area contributed by atoms with E-state index in [0.717, 1.165) is 25.5 Å². The maximum Gasteiger partial charge on any atom is 0.140 e. The van der Waals surface area contributed by atoms with E-state index in [0.29, 0.717) is 6.61 Å². The van der Waals surface area contributed by atoms with E-state index in [9.17, 15) is 0 Å². The van der Waals surface area contributed by atoms with Gasteiger partial charge in [-0.1, -0.05) is 6.92 Å². The molecule has 5 nitrogen and oxygen atoms in total. The first kappa shape index (κ1) is 13.1. The Bertz CT molecular complexity index is 303. The van der Waals surface area contributed by atoms with Crippen LogP contribution in [0.4, 0.5) is 0 Å². The Kier molecular flexibility index (Phi) is 4.89. The first-order valence-electron chi connectivity index (χ1n) is 5.74. The predicted octanol–water partition coefficient (Wildman–Crippen LogP) is 1.20. The summed E-state index contributed by atoms with van der Waals surface area (Å²) in [6.07, 6.45) is 1.59. The molecular formula is C11H22N4O. The fraction of sp³-hybridized carbons (Fsp3) is 0.818. The smallest absolute Gasteiger partial charge is 0.140 e. The maximum atomic E-state index is 5.65. The number of ether oxygens (including phenoxy) is 1. The first-order chi connectivity index (χ1) is 7.53. The van der Waals surface area contributed by atoms with Gasteiger partial charge in [-0.25, -0.2) is 9.67 Å². The van der Waals surface area contributed by atoms with Gasteiger partial charge in [0.1, 0.15) is 12.2 Å². The molecule has 0 spiro atoms. The van der Waals surface area contributed by atoms with E-state index in [2.05, 4.69) is 22.3 Å². The van der Waals surface area contributed by atoms with Gasteiger partial charge in [-0.15, -0.1) is 0 Å². The Morgan fingerprint density at radius 2 is 2.19 bits per heavy atom. The minimum absolute atomic E-state index is 0.0948. The second-order valence-electron chi connectivity index (χ2n) is 4.64. The fourth-order valence-corrected chi connectivity index (χ4v) is 1.29. The summed E-state index contributed by atoms with van der Waals surface area (Å²) >= 11 is 0. The van der Waals surface area contributed by atoms with E-state index in [1.807, 2.05) is 25.5 Å². The average molecular weight is 226 g/mol. The largest absolute Gasteiger partial charge is 0.374 e. The number of hydrogen-bond donors (Lipinski definition) is 1. The van der Waals surface area contributed by atoms with Crippen molar-refractivity contribution in [3.63, 3.8) is 0 Å². The van der Waals surface area contributed by atoms with E-state index >= 15 is 0 Å². The van der Waals surface area contributed by atoms with Crippen LogP contribution in [0.25, 0.3) is 0 Å². The van der Waals surface area contributed by atoms with Gasteiger partial charge in [-0.3, -0.25) is 0 Å². The molecule has 1 aromatic heterocycles. The minimum Gasteiger partial charge on any atom is -0.374 e. The summed E-state index contributed by atoms with van der Waals surface area (Å²) in [5.41, 5.74) is -0.0948. The lowest BCUT2D eigenvalue weighted by Crippen LogP contribution is -2.23. The molecule has 0 fully saturated rings. The van der Waals surface area contributed by atoms with Crippen molar-refractivity contribution in [3.8, 4) is 0 Å². The molecule has 0 atom stereocenters. The predicted molar refractivity (Wildman–Crippen MR) is 63.1 cm³/mol. The molecule has 1 N–H and O–H groups in total. The molecule has 0 aliphatic heterocycles. The zero-order chi connectivity index (χ0) is 12.0. The minimum atomic E-state index is -0.0948. The van der Waals surface area contributed by atoms with Crippen molar-refractivity contribution in [1.29, 1.82) is 0 Å². The average Bonchev–Trinajstić information content (AvgIpc) is 2.60. The fourth-order valence-electron chi connectivity index (χ4n) is 1.29. The maximum absolute atomic E-state index is 5.65. The summed E-state index contributed by atoms with van der Waals surface area (Å²) in [6.45, 7) is 11.3. The molecule has 1 rings (SSSR count). The van der Waals surface area contributed by atoms with Gasteiger partial charge in [-0.2, -0.15) is 5.10 Å². The van der Waals surface area contributed by atoms with E-state index < -0.39 is 0 Å². The molecule has 0 aliphatic carbocycles. The van der Waals surface area contributed by atoms with E-state index in [4.69, 9.17) is 4.74 Å². The second-order valence-corrected chi connectivity index (χ2v) is 4.64. The van der Waals surface area contributed by atoms with Gasteiger partial charge in [0.15, 0.2) is 0 Å². The van der Waals surface area contributed by atoms with Gasteiger partial charge in [0.25, 0.3) is 0 Å². The Morgan fingerprint density at radius 3 is 2.81 bits per heavy atom. The number of hydrogen-bond acceptors (Lipinski definition) is 4. The number of rotatable bonds is 6. The zero-order valence-electron chi connectivity index (χ0n) is 10.7. The van der Waals surface area contributed by atoms with Crippen molar-refractivity contribution in [1.82, 2.24) is 20.1 Å². The molecule has 0 aromatic carbocycles. The number of aromatic nitrogens is 3. The normalized spacial score (nSPS) is 12.0. The van der Waals surface area contributed by atoms with Crippen LogP contribution in [0.3, 0.4) is 0 Å². The molecule has 92 valence electrons. The van der Waals surface area contributed by atoms with Gasteiger partial charge < -0.3 is 10.1 Å². The molecule has 0 bridgehead atoms. The SMILES string of the molecule is CCNCc1ncnn1CCOC(C)(C)C. The van der Waals surface area contributed by atoms with Crippen molar-refractivity contribution in [2.45, 2.75) is 46.4 Å². The highest BCUT2D eigenvalue weighted by Crippen LogP contribution is 2.06. The summed E-state index contributed by atoms with van der Waals surface area (Å²) in [5.74, 6) is 0.958. The lowest BCUT2D eigenvalue weighted by Gasteiger charge is -2.19. The summed E-state index contributed by atoms with van der Waals surface area (Å²) in [4.78, 5) is 4.20. The summed E-state index contributed by atoms with van der Waals surface area (Å²) in [5, 5.41) is 7.41. The van der Waals surface area contributed by atoms with Crippen LogP contribution in [0.5, 0.6) is 0 Å². The molecule has 1 heterocycles. The highest BCUT2D eigenvalue weighted by atomic mass is 16.5. The lowest BCUT2D eigenvalue weighted by atomic mass is 10.2. The Hall–Kier alpha value is -0.940. The third-order valence-corrected chi connectivity index (χ3v) is 2.07. The molecular weight excluding hydrogens is 204 g/mol. The highest BCUT2D eigenvalue weighted by Gasteiger charge is 2.10. The van der Waals surface area contributed by atoms with Gasteiger partial charge >= 0.3 is 0 Å². The molecule has 0 saturated carbocycles. The van der Waals surface area contributed by atoms with Crippen LogP contribution in [0.2, 0.25) is 0 Å². The van der Waals surface area contributed by atoms with Crippen LogP contribution in [-0.4, -0.2) is 33.5 Å². The van der Waals surface area contributed by atoms with E-state index in [1.165, 1.54) is 0 Å². The topological polar surface area (TPSA) is 52.0 Å². The highest BCUT2D eigenvalue weighted by molar-refractivity contribution is 4.83. The zero-order valence-corrected chi connectivity index (χ0v) is 10.7. The van der Waals surface area contributed by atoms with Crippen LogP contribution in [-0.2, 0) is 17.8 Å². The van der Waals surface area contributed by atoms with E-state index in [1.54, 1.807) is 6.33 Å². The molecule has 16 heavy (non-hydrogen) atoms. The Morgan fingerprint density at radius 1 is 1.44 bits per heavy atom. The summed E-state index contributed by atoms with van der Waals surface area (Å²) < 4.78 is 7.54. The van der Waals surface area contributed by atoms with Gasteiger partial charge in [-0.05, 0) is 27.3 Å². The molecule has 0 radical (unpaired) electrons. The van der Waals surface area contributed by atoms with Crippen LogP contribution >= 0.6 is 0 Å². The van der Waals surface area contributed by atoms with Crippen molar-refractivity contribution in [3.05, 3.63) is 12.2 Å². The van der Waals surface area contributed by atoms with Crippen molar-refractivity contribution >= 4 is 0 Å². The number of nitrogens with zero attached hydrogens (tertiary/aromatic N) is 3. The summed E-state index contributed by atoms with van der Waals surface area (Å²) in [6, 6.07) is 0. The third kappa shape index (κ3) is 4.72. The van der Waals surface area contributed by atoms with Gasteiger partial charge in [0, 0.05) is 0 Å². The summed E-state index contributed by atoms with van der Waals surface area (Å²) in [7, 11) is 0. The van der Waals surface area contributed by atoms with E-state index in [-0.39, 0.29) is 5.60 Å². The van der Waals surface area contributed by atoms with Crippen molar-refractivity contribution in [2.24, 2.45) is 0 Å². The van der Waals surface area contributed by atoms with Crippen LogP contribution in [0, 0.1) is 0 Å². The first-order valence-corrected chi connectivity index (χ1v) is 5.74. The molecule has 5 heteroatoms. The van der Waals surface area contributed by atoms with Crippen LogP contribution < -0.4 is 5.32 Å². The number of nitrogens with one attached hydrogen (secondary N) is 1. The lowest BCUT2D eigenvalue weighted by molar-refractivity contribution is -0.00822. The third-order valence-electron chi connectivity index (χ3n) is 2.07. The molecule has 0 saturated heterocycles. The molecule has 1 aromatic rings. The molecule has 0 aliphatic rings. The monoisotopic (exact) mass is 226 g/mol. The van der Waals surface area contributed by atoms with Crippen LogP contribution in [0.15, 0.2) is 6.33 Å². The molecule has 0 unspecified atom stereocenters. The standard InChI is InChI=1S/C11H22N4O/c1-5-12-8-10-13-9-14-15(10)6-7-16-11(2,3)4/h9,12H,5-8H2,1-4H3. The second kappa shape index (κ2) is 5.96. The Labute approximate surface area is 97.2 Å². The Balaban J connectivity index is 2.38. The van der Waals surface area contributed by atoms with Gasteiger partial charge in [0.05, 0.1) is 25.3 Å².